The van der Waals surface area contributed by atoms with Crippen molar-refractivity contribution in [3.05, 3.63) is 75.9 Å². The van der Waals surface area contributed by atoms with Gasteiger partial charge in [0, 0.05) is 17.4 Å². The van der Waals surface area contributed by atoms with Gasteiger partial charge in [-0.1, -0.05) is 23.7 Å². The van der Waals surface area contributed by atoms with Crippen molar-refractivity contribution in [2.24, 2.45) is 0 Å². The third-order valence-corrected chi connectivity index (χ3v) is 4.41. The molecule has 1 amide bonds. The Bertz CT molecular complexity index is 1000. The molecule has 7 heteroatoms. The fraction of sp³-hybridized carbons (Fsp3) is 0.150. The van der Waals surface area contributed by atoms with Crippen LogP contribution in [-0.2, 0) is 6.61 Å². The second kappa shape index (κ2) is 7.82. The third-order valence-electron chi connectivity index (χ3n) is 4.08. The van der Waals surface area contributed by atoms with Gasteiger partial charge in [-0.15, -0.1) is 0 Å². The van der Waals surface area contributed by atoms with Gasteiger partial charge in [0.25, 0.3) is 5.91 Å². The number of aryl methyl sites for hydroxylation is 2. The summed E-state index contributed by atoms with van der Waals surface area (Å²) in [5.74, 6) is -1.00. The number of anilines is 1. The number of nitrogens with zero attached hydrogens (tertiary/aromatic N) is 2. The Morgan fingerprint density at radius 3 is 2.56 bits per heavy atom. The fourth-order valence-electron chi connectivity index (χ4n) is 2.82. The zero-order valence-corrected chi connectivity index (χ0v) is 15.5. The maximum atomic E-state index is 13.5. The second-order valence-corrected chi connectivity index (χ2v) is 6.51. The normalized spacial score (nSPS) is 10.7. The van der Waals surface area contributed by atoms with Crippen molar-refractivity contribution < 1.29 is 14.3 Å². The molecule has 138 valence electrons. The highest BCUT2D eigenvalue weighted by Crippen LogP contribution is 2.27. The summed E-state index contributed by atoms with van der Waals surface area (Å²) in [6.45, 7) is 3.60. The van der Waals surface area contributed by atoms with Gasteiger partial charge < -0.3 is 10.4 Å². The first-order valence-electron chi connectivity index (χ1n) is 8.20. The number of nitrogens with one attached hydrogen (secondary N) is 1. The number of rotatable bonds is 4. The van der Waals surface area contributed by atoms with Gasteiger partial charge in [-0.2, -0.15) is 0 Å². The molecule has 0 bridgehead atoms. The van der Waals surface area contributed by atoms with Crippen LogP contribution in [0.1, 0.15) is 27.3 Å². The van der Waals surface area contributed by atoms with Crippen LogP contribution < -0.4 is 5.32 Å². The Balaban J connectivity index is 1.92. The van der Waals surface area contributed by atoms with Gasteiger partial charge in [-0.05, 0) is 54.8 Å². The lowest BCUT2D eigenvalue weighted by Gasteiger charge is -2.13. The highest BCUT2D eigenvalue weighted by Gasteiger charge is 2.15. The molecule has 0 radical (unpaired) electrons. The molecule has 1 aromatic heterocycles. The lowest BCUT2D eigenvalue weighted by atomic mass is 10.0. The highest BCUT2D eigenvalue weighted by atomic mass is 35.5. The van der Waals surface area contributed by atoms with E-state index in [1.165, 1.54) is 24.4 Å². The van der Waals surface area contributed by atoms with Crippen molar-refractivity contribution in [2.45, 2.75) is 20.5 Å². The SMILES string of the molecule is Cc1cc(CO)cc(C)c1NC(=O)c1nccc(-c2cc(F)ccc2Cl)n1. The molecule has 0 aliphatic heterocycles. The molecular weight excluding hydrogens is 369 g/mol. The van der Waals surface area contributed by atoms with Crippen LogP contribution in [0.5, 0.6) is 0 Å². The van der Waals surface area contributed by atoms with Crippen molar-refractivity contribution in [3.63, 3.8) is 0 Å². The van der Waals surface area contributed by atoms with Gasteiger partial charge in [0.05, 0.1) is 17.3 Å². The molecule has 5 nitrogen and oxygen atoms in total. The van der Waals surface area contributed by atoms with E-state index in [0.717, 1.165) is 16.7 Å². The van der Waals surface area contributed by atoms with Gasteiger partial charge in [0.15, 0.2) is 0 Å². The standard InChI is InChI=1S/C20H17ClFN3O2/c1-11-7-13(10-26)8-12(2)18(11)25-20(27)19-23-6-5-17(24-19)15-9-14(22)3-4-16(15)21/h3-9,26H,10H2,1-2H3,(H,25,27). The van der Waals surface area contributed by atoms with Gasteiger partial charge in [0.2, 0.25) is 5.82 Å². The first-order chi connectivity index (χ1) is 12.9. The molecule has 3 rings (SSSR count). The number of carbonyl (C=O) groups excluding carboxylic acids is 1. The average molecular weight is 386 g/mol. The molecule has 0 fully saturated rings. The Labute approximate surface area is 160 Å². The van der Waals surface area contributed by atoms with Crippen molar-refractivity contribution >= 4 is 23.2 Å². The molecule has 0 saturated heterocycles. The van der Waals surface area contributed by atoms with E-state index in [-0.39, 0.29) is 12.4 Å². The van der Waals surface area contributed by atoms with Crippen molar-refractivity contribution in [2.75, 3.05) is 5.32 Å². The number of benzene rings is 2. The summed E-state index contributed by atoms with van der Waals surface area (Å²) >= 11 is 6.11. The zero-order valence-electron chi connectivity index (χ0n) is 14.8. The Hall–Kier alpha value is -2.83. The van der Waals surface area contributed by atoms with E-state index in [9.17, 15) is 14.3 Å². The topological polar surface area (TPSA) is 75.1 Å². The molecule has 27 heavy (non-hydrogen) atoms. The van der Waals surface area contributed by atoms with Crippen LogP contribution in [0.15, 0.2) is 42.6 Å². The van der Waals surface area contributed by atoms with E-state index in [1.54, 1.807) is 18.2 Å². The largest absolute Gasteiger partial charge is 0.392 e. The predicted molar refractivity (Wildman–Crippen MR) is 102 cm³/mol. The lowest BCUT2D eigenvalue weighted by Crippen LogP contribution is -2.17. The van der Waals surface area contributed by atoms with Crippen LogP contribution in [0.3, 0.4) is 0 Å². The summed E-state index contributed by atoms with van der Waals surface area (Å²) in [6.07, 6.45) is 1.42. The number of halogens is 2. The Morgan fingerprint density at radius 1 is 1.19 bits per heavy atom. The molecule has 3 aromatic rings. The van der Waals surface area contributed by atoms with Gasteiger partial charge in [-0.3, -0.25) is 4.79 Å². The van der Waals surface area contributed by atoms with Crippen LogP contribution in [0.4, 0.5) is 10.1 Å². The molecule has 0 unspecified atom stereocenters. The van der Waals surface area contributed by atoms with Crippen LogP contribution in [0.2, 0.25) is 5.02 Å². The third kappa shape index (κ3) is 4.13. The molecular formula is C20H17ClFN3O2. The van der Waals surface area contributed by atoms with E-state index < -0.39 is 11.7 Å². The first kappa shape index (κ1) is 18.9. The van der Waals surface area contributed by atoms with Gasteiger partial charge in [-0.25, -0.2) is 14.4 Å². The maximum absolute atomic E-state index is 13.5. The fourth-order valence-corrected chi connectivity index (χ4v) is 3.04. The van der Waals surface area contributed by atoms with Crippen LogP contribution in [0, 0.1) is 19.7 Å². The van der Waals surface area contributed by atoms with Crippen molar-refractivity contribution in [1.29, 1.82) is 0 Å². The minimum Gasteiger partial charge on any atom is -0.392 e. The number of aliphatic hydroxyl groups excluding tert-OH is 1. The molecule has 0 aliphatic rings. The molecule has 0 spiro atoms. The van der Waals surface area contributed by atoms with Crippen LogP contribution in [0.25, 0.3) is 11.3 Å². The van der Waals surface area contributed by atoms with Gasteiger partial charge in [0.1, 0.15) is 5.82 Å². The average Bonchev–Trinajstić information content (AvgIpc) is 2.66. The van der Waals surface area contributed by atoms with E-state index in [1.807, 2.05) is 13.8 Å². The molecule has 0 atom stereocenters. The Morgan fingerprint density at radius 2 is 1.89 bits per heavy atom. The molecule has 0 saturated carbocycles. The predicted octanol–water partition coefficient (Wildman–Crippen LogP) is 4.30. The number of hydrogen-bond acceptors (Lipinski definition) is 4. The number of carbonyl (C=O) groups is 1. The summed E-state index contributed by atoms with van der Waals surface area (Å²) < 4.78 is 13.5. The molecule has 0 aliphatic carbocycles. The number of aliphatic hydroxyl groups is 1. The quantitative estimate of drug-likeness (QED) is 0.702. The van der Waals surface area contributed by atoms with Crippen LogP contribution in [-0.4, -0.2) is 21.0 Å². The maximum Gasteiger partial charge on any atom is 0.293 e. The summed E-state index contributed by atoms with van der Waals surface area (Å²) in [5.41, 5.74) is 3.77. The van der Waals surface area contributed by atoms with Crippen molar-refractivity contribution in [1.82, 2.24) is 9.97 Å². The number of hydrogen-bond donors (Lipinski definition) is 2. The minimum atomic E-state index is -0.493. The summed E-state index contributed by atoms with van der Waals surface area (Å²) in [4.78, 5) is 20.8. The highest BCUT2D eigenvalue weighted by molar-refractivity contribution is 6.33. The van der Waals surface area contributed by atoms with E-state index in [4.69, 9.17) is 11.6 Å². The summed E-state index contributed by atoms with van der Waals surface area (Å²) in [6, 6.07) is 9.10. The summed E-state index contributed by atoms with van der Waals surface area (Å²) in [5, 5.41) is 12.4. The van der Waals surface area contributed by atoms with Crippen LogP contribution >= 0.6 is 11.6 Å². The van der Waals surface area contributed by atoms with Crippen molar-refractivity contribution in [3.8, 4) is 11.3 Å². The smallest absolute Gasteiger partial charge is 0.293 e. The molecule has 1 heterocycles. The van der Waals surface area contributed by atoms with Gasteiger partial charge >= 0.3 is 0 Å². The van der Waals surface area contributed by atoms with E-state index >= 15 is 0 Å². The van der Waals surface area contributed by atoms with E-state index in [0.29, 0.717) is 22.0 Å². The lowest BCUT2D eigenvalue weighted by molar-refractivity contribution is 0.101. The molecule has 2 N–H and O–H groups in total. The monoisotopic (exact) mass is 385 g/mol. The second-order valence-electron chi connectivity index (χ2n) is 6.11. The number of amides is 1. The first-order valence-corrected chi connectivity index (χ1v) is 8.57. The van der Waals surface area contributed by atoms with E-state index in [2.05, 4.69) is 15.3 Å². The molecule has 2 aromatic carbocycles. The zero-order chi connectivity index (χ0) is 19.6. The Kier molecular flexibility index (Phi) is 5.48. The number of aromatic nitrogens is 2. The minimum absolute atomic E-state index is 0.0575. The summed E-state index contributed by atoms with van der Waals surface area (Å²) in [7, 11) is 0.